The van der Waals surface area contributed by atoms with E-state index in [9.17, 15) is 4.79 Å². The Hall–Kier alpha value is -1.32. The number of hydrogen-bond donors (Lipinski definition) is 1. The first-order valence-electron chi connectivity index (χ1n) is 4.59. The highest BCUT2D eigenvalue weighted by Crippen LogP contribution is 2.21. The Balaban J connectivity index is 2.74. The summed E-state index contributed by atoms with van der Waals surface area (Å²) >= 11 is 0. The SMILES string of the molecule is CNC(=O)Cc1cnc(C(C)(C)C)o1. The molecule has 1 heterocycles. The standard InChI is InChI=1S/C10H16N2O2/c1-10(2,3)9-12-6-7(14-9)5-8(13)11-4/h6H,5H2,1-4H3,(H,11,13). The van der Waals surface area contributed by atoms with Crippen LogP contribution in [0, 0.1) is 0 Å². The number of nitrogens with one attached hydrogen (secondary N) is 1. The Kier molecular flexibility index (Phi) is 2.93. The van der Waals surface area contributed by atoms with Gasteiger partial charge in [0.25, 0.3) is 0 Å². The number of carbonyl (C=O) groups excluding carboxylic acids is 1. The molecule has 0 aliphatic carbocycles. The molecule has 1 amide bonds. The van der Waals surface area contributed by atoms with Crippen molar-refractivity contribution in [3.8, 4) is 0 Å². The second kappa shape index (κ2) is 3.82. The highest BCUT2D eigenvalue weighted by atomic mass is 16.4. The van der Waals surface area contributed by atoms with Gasteiger partial charge in [-0.25, -0.2) is 4.98 Å². The van der Waals surface area contributed by atoms with E-state index in [1.165, 1.54) is 0 Å². The van der Waals surface area contributed by atoms with Gasteiger partial charge in [-0.15, -0.1) is 0 Å². The van der Waals surface area contributed by atoms with E-state index in [1.807, 2.05) is 20.8 Å². The fourth-order valence-corrected chi connectivity index (χ4v) is 0.983. The molecule has 0 saturated carbocycles. The van der Waals surface area contributed by atoms with Gasteiger partial charge in [-0.1, -0.05) is 20.8 Å². The zero-order valence-electron chi connectivity index (χ0n) is 9.05. The van der Waals surface area contributed by atoms with Crippen molar-refractivity contribution in [3.05, 3.63) is 17.8 Å². The zero-order chi connectivity index (χ0) is 10.8. The average Bonchev–Trinajstić information content (AvgIpc) is 2.51. The van der Waals surface area contributed by atoms with Crippen molar-refractivity contribution in [2.45, 2.75) is 32.6 Å². The van der Waals surface area contributed by atoms with Gasteiger partial charge in [0.1, 0.15) is 5.76 Å². The summed E-state index contributed by atoms with van der Waals surface area (Å²) in [7, 11) is 1.60. The molecule has 1 N–H and O–H groups in total. The summed E-state index contributed by atoms with van der Waals surface area (Å²) in [4.78, 5) is 15.2. The Morgan fingerprint density at radius 1 is 1.57 bits per heavy atom. The van der Waals surface area contributed by atoms with Crippen LogP contribution >= 0.6 is 0 Å². The molecule has 78 valence electrons. The molecule has 0 unspecified atom stereocenters. The van der Waals surface area contributed by atoms with Crippen LogP contribution in [0.4, 0.5) is 0 Å². The van der Waals surface area contributed by atoms with Crippen molar-refractivity contribution < 1.29 is 9.21 Å². The summed E-state index contributed by atoms with van der Waals surface area (Å²) in [5.41, 5.74) is -0.110. The largest absolute Gasteiger partial charge is 0.445 e. The molecule has 4 nitrogen and oxygen atoms in total. The predicted molar refractivity (Wildman–Crippen MR) is 53.0 cm³/mol. The molecule has 0 aliphatic rings. The first-order chi connectivity index (χ1) is 6.43. The molecular formula is C10H16N2O2. The van der Waals surface area contributed by atoms with Crippen LogP contribution < -0.4 is 5.32 Å². The molecule has 0 fully saturated rings. The summed E-state index contributed by atoms with van der Waals surface area (Å²) in [6, 6.07) is 0. The molecule has 1 aromatic rings. The van der Waals surface area contributed by atoms with Gasteiger partial charge in [0, 0.05) is 12.5 Å². The smallest absolute Gasteiger partial charge is 0.227 e. The molecule has 14 heavy (non-hydrogen) atoms. The minimum Gasteiger partial charge on any atom is -0.445 e. The van der Waals surface area contributed by atoms with Crippen molar-refractivity contribution in [2.75, 3.05) is 7.05 Å². The van der Waals surface area contributed by atoms with E-state index in [0.29, 0.717) is 11.7 Å². The van der Waals surface area contributed by atoms with Gasteiger partial charge in [-0.3, -0.25) is 4.79 Å². The van der Waals surface area contributed by atoms with E-state index in [0.717, 1.165) is 0 Å². The number of carbonyl (C=O) groups is 1. The molecular weight excluding hydrogens is 180 g/mol. The van der Waals surface area contributed by atoms with Crippen LogP contribution in [0.25, 0.3) is 0 Å². The molecule has 0 radical (unpaired) electrons. The van der Waals surface area contributed by atoms with Crippen molar-refractivity contribution in [2.24, 2.45) is 0 Å². The maximum absolute atomic E-state index is 11.0. The van der Waals surface area contributed by atoms with Crippen LogP contribution in [0.15, 0.2) is 10.6 Å². The van der Waals surface area contributed by atoms with Crippen LogP contribution in [0.5, 0.6) is 0 Å². The molecule has 1 aromatic heterocycles. The number of amides is 1. The van der Waals surface area contributed by atoms with Crippen LogP contribution in [0.1, 0.15) is 32.4 Å². The van der Waals surface area contributed by atoms with Gasteiger partial charge in [-0.2, -0.15) is 0 Å². The van der Waals surface area contributed by atoms with E-state index in [-0.39, 0.29) is 17.7 Å². The molecule has 0 saturated heterocycles. The first kappa shape index (κ1) is 10.8. The van der Waals surface area contributed by atoms with Crippen molar-refractivity contribution in [1.82, 2.24) is 10.3 Å². The van der Waals surface area contributed by atoms with Gasteiger partial charge in [0.05, 0.1) is 12.6 Å². The van der Waals surface area contributed by atoms with Crippen LogP contribution in [0.3, 0.4) is 0 Å². The van der Waals surface area contributed by atoms with Gasteiger partial charge >= 0.3 is 0 Å². The molecule has 0 bridgehead atoms. The molecule has 0 aliphatic heterocycles. The second-order valence-corrected chi connectivity index (χ2v) is 4.23. The highest BCUT2D eigenvalue weighted by molar-refractivity contribution is 5.77. The third-order valence-electron chi connectivity index (χ3n) is 1.81. The predicted octanol–water partition coefficient (Wildman–Crippen LogP) is 1.26. The summed E-state index contributed by atoms with van der Waals surface area (Å²) in [5.74, 6) is 1.20. The Morgan fingerprint density at radius 3 is 2.64 bits per heavy atom. The fraction of sp³-hybridized carbons (Fsp3) is 0.600. The zero-order valence-corrected chi connectivity index (χ0v) is 9.05. The van der Waals surface area contributed by atoms with E-state index >= 15 is 0 Å². The van der Waals surface area contributed by atoms with Crippen LogP contribution in [-0.2, 0) is 16.6 Å². The van der Waals surface area contributed by atoms with Gasteiger partial charge in [0.15, 0.2) is 5.89 Å². The quantitative estimate of drug-likeness (QED) is 0.774. The average molecular weight is 196 g/mol. The lowest BCUT2D eigenvalue weighted by atomic mass is 9.97. The third kappa shape index (κ3) is 2.58. The lowest BCUT2D eigenvalue weighted by Gasteiger charge is -2.12. The minimum absolute atomic E-state index is 0.0680. The normalized spacial score (nSPS) is 11.4. The maximum atomic E-state index is 11.0. The summed E-state index contributed by atoms with van der Waals surface area (Å²) in [5, 5.41) is 2.53. The Morgan fingerprint density at radius 2 is 2.21 bits per heavy atom. The summed E-state index contributed by atoms with van der Waals surface area (Å²) < 4.78 is 5.45. The maximum Gasteiger partial charge on any atom is 0.227 e. The molecule has 0 spiro atoms. The molecule has 0 aromatic carbocycles. The number of aromatic nitrogens is 1. The van der Waals surface area contributed by atoms with Crippen molar-refractivity contribution in [3.63, 3.8) is 0 Å². The van der Waals surface area contributed by atoms with Gasteiger partial charge < -0.3 is 9.73 Å². The van der Waals surface area contributed by atoms with Crippen molar-refractivity contribution in [1.29, 1.82) is 0 Å². The molecule has 1 rings (SSSR count). The topological polar surface area (TPSA) is 55.1 Å². The van der Waals surface area contributed by atoms with Crippen LogP contribution in [-0.4, -0.2) is 17.9 Å². The van der Waals surface area contributed by atoms with E-state index in [4.69, 9.17) is 4.42 Å². The number of nitrogens with zero attached hydrogens (tertiary/aromatic N) is 1. The monoisotopic (exact) mass is 196 g/mol. The van der Waals surface area contributed by atoms with Gasteiger partial charge in [-0.05, 0) is 0 Å². The third-order valence-corrected chi connectivity index (χ3v) is 1.81. The number of rotatable bonds is 2. The number of hydrogen-bond acceptors (Lipinski definition) is 3. The lowest BCUT2D eigenvalue weighted by molar-refractivity contribution is -0.120. The summed E-state index contributed by atoms with van der Waals surface area (Å²) in [6.07, 6.45) is 1.86. The van der Waals surface area contributed by atoms with E-state index in [2.05, 4.69) is 10.3 Å². The minimum atomic E-state index is -0.110. The lowest BCUT2D eigenvalue weighted by Crippen LogP contribution is -2.19. The fourth-order valence-electron chi connectivity index (χ4n) is 0.983. The van der Waals surface area contributed by atoms with E-state index in [1.54, 1.807) is 13.2 Å². The van der Waals surface area contributed by atoms with Gasteiger partial charge in [0.2, 0.25) is 5.91 Å². The molecule has 0 atom stereocenters. The molecule has 4 heteroatoms. The number of oxazole rings is 1. The van der Waals surface area contributed by atoms with Crippen molar-refractivity contribution >= 4 is 5.91 Å². The Bertz CT molecular complexity index is 323. The first-order valence-corrected chi connectivity index (χ1v) is 4.59. The summed E-state index contributed by atoms with van der Waals surface area (Å²) in [6.45, 7) is 6.05. The highest BCUT2D eigenvalue weighted by Gasteiger charge is 2.20. The Labute approximate surface area is 83.7 Å². The second-order valence-electron chi connectivity index (χ2n) is 4.23. The number of likely N-dealkylation sites (N-methyl/N-ethyl adjacent to an activating group) is 1. The van der Waals surface area contributed by atoms with Crippen LogP contribution in [0.2, 0.25) is 0 Å². The van der Waals surface area contributed by atoms with E-state index < -0.39 is 0 Å².